The highest BCUT2D eigenvalue weighted by Gasteiger charge is 2.08. The third-order valence-corrected chi connectivity index (χ3v) is 2.66. The van der Waals surface area contributed by atoms with Crippen LogP contribution in [0.2, 0.25) is 0 Å². The number of aryl methyl sites for hydroxylation is 1. The summed E-state index contributed by atoms with van der Waals surface area (Å²) in [5.41, 5.74) is 7.99. The van der Waals surface area contributed by atoms with Gasteiger partial charge in [0.15, 0.2) is 0 Å². The predicted molar refractivity (Wildman–Crippen MR) is 79.6 cm³/mol. The third-order valence-electron chi connectivity index (χ3n) is 2.66. The molecule has 98 valence electrons. The summed E-state index contributed by atoms with van der Waals surface area (Å²) in [5.74, 6) is 0.306. The van der Waals surface area contributed by atoms with Crippen molar-refractivity contribution >= 4 is 25.3 Å². The van der Waals surface area contributed by atoms with Gasteiger partial charge in [-0.1, -0.05) is 6.07 Å². The molecule has 19 heavy (non-hydrogen) atoms. The molecule has 4 N–H and O–H groups in total. The Kier molecular flexibility index (Phi) is 5.17. The van der Waals surface area contributed by atoms with E-state index in [4.69, 9.17) is 13.6 Å². The Labute approximate surface area is 114 Å². The zero-order valence-electron chi connectivity index (χ0n) is 11.3. The molecule has 0 saturated carbocycles. The van der Waals surface area contributed by atoms with Crippen LogP contribution in [0.3, 0.4) is 0 Å². The third kappa shape index (κ3) is 3.61. The summed E-state index contributed by atoms with van der Waals surface area (Å²) < 4.78 is 0. The second-order valence-electron chi connectivity index (χ2n) is 3.93. The fraction of sp³-hybridized carbons (Fsp3) is 0.231. The van der Waals surface area contributed by atoms with Crippen LogP contribution in [0.15, 0.2) is 34.9 Å². The molecule has 6 heteroatoms. The lowest BCUT2D eigenvalue weighted by Crippen LogP contribution is -2.20. The number of amides is 1. The molecular weight excluding hydrogens is 239 g/mol. The van der Waals surface area contributed by atoms with Gasteiger partial charge in [0.05, 0.1) is 0 Å². The van der Waals surface area contributed by atoms with E-state index in [9.17, 15) is 4.79 Å². The molecule has 0 bridgehead atoms. The number of hydrogen-bond acceptors (Lipinski definition) is 3. The summed E-state index contributed by atoms with van der Waals surface area (Å²) in [6.45, 7) is 1.92. The van der Waals surface area contributed by atoms with E-state index in [1.165, 1.54) is 6.20 Å². The molecule has 0 unspecified atom stereocenters. The van der Waals surface area contributed by atoms with Crippen LogP contribution in [-0.2, 0) is 0 Å². The van der Waals surface area contributed by atoms with Crippen LogP contribution in [0.25, 0.3) is 0 Å². The lowest BCUT2D eigenvalue weighted by molar-refractivity contribution is 0.0963. The van der Waals surface area contributed by atoms with Crippen molar-refractivity contribution in [3.63, 3.8) is 0 Å². The fourth-order valence-electron chi connectivity index (χ4n) is 1.51. The number of nitrogens with two attached hydrogens (primary N) is 1. The summed E-state index contributed by atoms with van der Waals surface area (Å²) in [7, 11) is 8.91. The minimum absolute atomic E-state index is 0.152. The zero-order chi connectivity index (χ0) is 14.4. The van der Waals surface area contributed by atoms with E-state index in [1.807, 2.05) is 13.0 Å². The van der Waals surface area contributed by atoms with Gasteiger partial charge in [-0.25, -0.2) is 0 Å². The summed E-state index contributed by atoms with van der Waals surface area (Å²) >= 11 is 0. The average Bonchev–Trinajstić information content (AvgIpc) is 2.44. The molecular formula is C13H17BN4O. The summed E-state index contributed by atoms with van der Waals surface area (Å²) in [6, 6.07) is 5.34. The Morgan fingerprint density at radius 3 is 2.68 bits per heavy atom. The van der Waals surface area contributed by atoms with Gasteiger partial charge in [0.25, 0.3) is 5.91 Å². The maximum Gasteiger partial charge on any atom is 0.251 e. The second kappa shape index (κ2) is 6.63. The highest BCUT2D eigenvalue weighted by atomic mass is 16.1. The van der Waals surface area contributed by atoms with Crippen LogP contribution < -0.4 is 16.4 Å². The molecule has 2 radical (unpaired) electrons. The first-order chi connectivity index (χ1) is 9.03. The second-order valence-corrected chi connectivity index (χ2v) is 3.93. The van der Waals surface area contributed by atoms with Crippen molar-refractivity contribution in [2.24, 2.45) is 10.7 Å². The maximum absolute atomic E-state index is 11.6. The molecule has 0 aliphatic carbocycles. The molecule has 1 amide bonds. The largest absolute Gasteiger partial charge is 0.405 e. The average molecular weight is 256 g/mol. The lowest BCUT2D eigenvalue weighted by Gasteiger charge is -2.13. The quantitative estimate of drug-likeness (QED) is 0.424. The van der Waals surface area contributed by atoms with Crippen molar-refractivity contribution in [2.45, 2.75) is 6.92 Å². The number of carbonyl (C=O) groups excluding carboxylic acids is 1. The van der Waals surface area contributed by atoms with Gasteiger partial charge in [-0.15, -0.1) is 0 Å². The Morgan fingerprint density at radius 2 is 2.16 bits per heavy atom. The van der Waals surface area contributed by atoms with E-state index >= 15 is 0 Å². The fourth-order valence-corrected chi connectivity index (χ4v) is 1.51. The van der Waals surface area contributed by atoms with Gasteiger partial charge < -0.3 is 16.4 Å². The number of nitrogens with one attached hydrogen (secondary N) is 2. The van der Waals surface area contributed by atoms with Crippen molar-refractivity contribution in [3.05, 3.63) is 41.0 Å². The smallest absolute Gasteiger partial charge is 0.251 e. The maximum atomic E-state index is 11.6. The number of rotatable bonds is 3. The van der Waals surface area contributed by atoms with Crippen LogP contribution in [-0.4, -0.2) is 33.7 Å². The topological polar surface area (TPSA) is 79.5 Å². The first-order valence-electron chi connectivity index (χ1n) is 5.77. The summed E-state index contributed by atoms with van der Waals surface area (Å²) in [5, 5.41) is 5.64. The molecule has 1 aromatic rings. The standard InChI is InChI=1S/C13H17BN4O/c1-8-4-5-9(13(19)17-3)6-11(8)18-12(16-2)10(14)7-15/h4-7H,15H2,1-3H3,(H,16,18)(H,17,19). The molecule has 5 nitrogen and oxygen atoms in total. The highest BCUT2D eigenvalue weighted by molar-refractivity contribution is 6.39. The molecule has 0 aromatic heterocycles. The van der Waals surface area contributed by atoms with Crippen LogP contribution >= 0.6 is 0 Å². The summed E-state index contributed by atoms with van der Waals surface area (Å²) in [6.07, 6.45) is 1.27. The lowest BCUT2D eigenvalue weighted by atomic mass is 9.95. The van der Waals surface area contributed by atoms with Crippen LogP contribution in [0, 0.1) is 6.92 Å². The molecule has 0 fully saturated rings. The zero-order valence-corrected chi connectivity index (χ0v) is 11.3. The highest BCUT2D eigenvalue weighted by Crippen LogP contribution is 2.17. The molecule has 1 aromatic carbocycles. The summed E-state index contributed by atoms with van der Waals surface area (Å²) in [4.78, 5) is 15.6. The molecule has 0 atom stereocenters. The normalized spacial score (nSPS) is 12.2. The number of amidine groups is 1. The first kappa shape index (κ1) is 14.8. The number of carbonyl (C=O) groups is 1. The molecule has 0 heterocycles. The number of aliphatic imine (C=N–C) groups is 1. The van der Waals surface area contributed by atoms with Crippen molar-refractivity contribution in [3.8, 4) is 0 Å². The molecule has 0 aliphatic heterocycles. The van der Waals surface area contributed by atoms with Crippen LogP contribution in [0.1, 0.15) is 15.9 Å². The Balaban J connectivity index is 3.10. The monoisotopic (exact) mass is 256 g/mol. The Hall–Kier alpha value is -2.24. The van der Waals surface area contributed by atoms with Gasteiger partial charge in [0, 0.05) is 25.3 Å². The van der Waals surface area contributed by atoms with E-state index in [0.717, 1.165) is 11.3 Å². The van der Waals surface area contributed by atoms with Gasteiger partial charge in [0.2, 0.25) is 0 Å². The number of anilines is 1. The number of benzene rings is 1. The number of hydrogen-bond donors (Lipinski definition) is 3. The minimum atomic E-state index is -0.152. The molecule has 0 spiro atoms. The van der Waals surface area contributed by atoms with Crippen molar-refractivity contribution in [2.75, 3.05) is 19.4 Å². The molecule has 1 rings (SSSR count). The SMILES string of the molecule is [B]C(=CN)C(=NC)Nc1cc(C(=O)NC)ccc1C. The molecule has 0 aliphatic rings. The first-order valence-corrected chi connectivity index (χ1v) is 5.77. The number of nitrogens with zero attached hydrogens (tertiary/aromatic N) is 1. The Morgan fingerprint density at radius 1 is 1.47 bits per heavy atom. The van der Waals surface area contributed by atoms with E-state index in [-0.39, 0.29) is 5.91 Å². The van der Waals surface area contributed by atoms with Gasteiger partial charge >= 0.3 is 0 Å². The van der Waals surface area contributed by atoms with Crippen molar-refractivity contribution < 1.29 is 4.79 Å². The van der Waals surface area contributed by atoms with Gasteiger partial charge in [-0.2, -0.15) is 0 Å². The van der Waals surface area contributed by atoms with E-state index in [2.05, 4.69) is 15.6 Å². The van der Waals surface area contributed by atoms with Gasteiger partial charge in [-0.05, 0) is 36.3 Å². The van der Waals surface area contributed by atoms with E-state index in [1.54, 1.807) is 26.2 Å². The minimum Gasteiger partial charge on any atom is -0.405 e. The van der Waals surface area contributed by atoms with Gasteiger partial charge in [0.1, 0.15) is 13.7 Å². The Bertz CT molecular complexity index is 537. The van der Waals surface area contributed by atoms with Crippen molar-refractivity contribution in [1.82, 2.24) is 5.32 Å². The van der Waals surface area contributed by atoms with E-state index in [0.29, 0.717) is 16.9 Å². The van der Waals surface area contributed by atoms with Gasteiger partial charge in [-0.3, -0.25) is 9.79 Å². The molecule has 0 saturated heterocycles. The van der Waals surface area contributed by atoms with Crippen LogP contribution in [0.5, 0.6) is 0 Å². The predicted octanol–water partition coefficient (Wildman–Crippen LogP) is 0.763. The van der Waals surface area contributed by atoms with Crippen molar-refractivity contribution in [1.29, 1.82) is 0 Å². The van der Waals surface area contributed by atoms with E-state index < -0.39 is 0 Å². The van der Waals surface area contributed by atoms with Crippen LogP contribution in [0.4, 0.5) is 5.69 Å².